The van der Waals surface area contributed by atoms with E-state index in [4.69, 9.17) is 0 Å². The summed E-state index contributed by atoms with van der Waals surface area (Å²) in [6.45, 7) is 6.67. The van der Waals surface area contributed by atoms with Crippen molar-refractivity contribution in [3.05, 3.63) is 70.4 Å². The molecule has 1 fully saturated rings. The minimum Gasteiger partial charge on any atom is -0.392 e. The Bertz CT molecular complexity index is 894. The first-order valence-corrected chi connectivity index (χ1v) is 9.67. The average molecular weight is 348 g/mol. The van der Waals surface area contributed by atoms with Crippen molar-refractivity contribution in [2.24, 2.45) is 0 Å². The number of fused-ring (bicyclic) bond motifs is 1. The standard InChI is InChI=1S/C23H28N2O/c1-16-13-17(2)23-20(10-11-24-23)21(16)14-25-12-4-3-5-22(25)19-8-6-18(15-26)7-9-19/h6-11,13,22,24,26H,3-5,12,14-15H2,1-2H3/t22-/m0/s1. The third kappa shape index (κ3) is 3.17. The van der Waals surface area contributed by atoms with Gasteiger partial charge in [0.05, 0.1) is 6.61 Å². The summed E-state index contributed by atoms with van der Waals surface area (Å²) < 4.78 is 0. The highest BCUT2D eigenvalue weighted by Crippen LogP contribution is 2.34. The molecule has 136 valence electrons. The van der Waals surface area contributed by atoms with Crippen molar-refractivity contribution in [3.63, 3.8) is 0 Å². The number of aromatic amines is 1. The number of aromatic nitrogens is 1. The van der Waals surface area contributed by atoms with Crippen molar-refractivity contribution in [1.82, 2.24) is 9.88 Å². The van der Waals surface area contributed by atoms with Crippen molar-refractivity contribution < 1.29 is 5.11 Å². The van der Waals surface area contributed by atoms with Crippen LogP contribution >= 0.6 is 0 Å². The molecule has 1 aliphatic rings. The van der Waals surface area contributed by atoms with Crippen LogP contribution in [0, 0.1) is 13.8 Å². The number of aliphatic hydroxyl groups excluding tert-OH is 1. The van der Waals surface area contributed by atoms with E-state index in [9.17, 15) is 5.11 Å². The quantitative estimate of drug-likeness (QED) is 0.696. The largest absolute Gasteiger partial charge is 0.392 e. The summed E-state index contributed by atoms with van der Waals surface area (Å²) in [5.41, 5.74) is 7.78. The van der Waals surface area contributed by atoms with Crippen LogP contribution in [-0.2, 0) is 13.2 Å². The normalized spacial score (nSPS) is 18.5. The van der Waals surface area contributed by atoms with E-state index in [0.29, 0.717) is 6.04 Å². The molecule has 0 amide bonds. The summed E-state index contributed by atoms with van der Waals surface area (Å²) in [6, 6.07) is 13.5. The molecule has 2 N–H and O–H groups in total. The smallest absolute Gasteiger partial charge is 0.0681 e. The third-order valence-corrected chi connectivity index (χ3v) is 5.90. The molecule has 3 nitrogen and oxygen atoms in total. The molecule has 1 aromatic heterocycles. The van der Waals surface area contributed by atoms with Gasteiger partial charge in [-0.2, -0.15) is 0 Å². The van der Waals surface area contributed by atoms with Gasteiger partial charge < -0.3 is 10.1 Å². The Kier molecular flexibility index (Phi) is 4.84. The summed E-state index contributed by atoms with van der Waals surface area (Å²) in [7, 11) is 0. The van der Waals surface area contributed by atoms with Gasteiger partial charge in [-0.15, -0.1) is 0 Å². The van der Waals surface area contributed by atoms with Crippen LogP contribution < -0.4 is 0 Å². The van der Waals surface area contributed by atoms with Gasteiger partial charge in [-0.1, -0.05) is 36.8 Å². The van der Waals surface area contributed by atoms with Gasteiger partial charge in [0.1, 0.15) is 0 Å². The molecule has 0 saturated carbocycles. The Morgan fingerprint density at radius 3 is 2.65 bits per heavy atom. The first-order valence-electron chi connectivity index (χ1n) is 9.67. The van der Waals surface area contributed by atoms with E-state index in [1.54, 1.807) is 0 Å². The van der Waals surface area contributed by atoms with E-state index in [1.165, 1.54) is 52.4 Å². The Balaban J connectivity index is 1.66. The fraction of sp³-hybridized carbons (Fsp3) is 0.391. The van der Waals surface area contributed by atoms with E-state index in [1.807, 2.05) is 0 Å². The molecule has 2 heterocycles. The van der Waals surface area contributed by atoms with Gasteiger partial charge in [0.2, 0.25) is 0 Å². The van der Waals surface area contributed by atoms with E-state index in [-0.39, 0.29) is 6.61 Å². The Morgan fingerprint density at radius 2 is 1.88 bits per heavy atom. The maximum Gasteiger partial charge on any atom is 0.0681 e. The van der Waals surface area contributed by atoms with Crippen LogP contribution in [0.2, 0.25) is 0 Å². The van der Waals surface area contributed by atoms with Crippen LogP contribution in [0.25, 0.3) is 10.9 Å². The number of hydrogen-bond acceptors (Lipinski definition) is 2. The van der Waals surface area contributed by atoms with Gasteiger partial charge in [-0.05, 0) is 67.1 Å². The highest BCUT2D eigenvalue weighted by Gasteiger charge is 2.25. The number of aryl methyl sites for hydroxylation is 2. The van der Waals surface area contributed by atoms with Gasteiger partial charge in [0, 0.05) is 29.7 Å². The SMILES string of the molecule is Cc1cc(C)c2[nH]ccc2c1CN1CCCC[C@H]1c1ccc(CO)cc1. The molecule has 3 aromatic rings. The third-order valence-electron chi connectivity index (χ3n) is 5.90. The fourth-order valence-corrected chi connectivity index (χ4v) is 4.46. The summed E-state index contributed by atoms with van der Waals surface area (Å²) >= 11 is 0. The van der Waals surface area contributed by atoms with Crippen LogP contribution in [0.1, 0.15) is 53.1 Å². The number of likely N-dealkylation sites (tertiary alicyclic amines) is 1. The van der Waals surface area contributed by atoms with E-state index in [2.05, 4.69) is 66.3 Å². The summed E-state index contributed by atoms with van der Waals surface area (Å²) in [5, 5.41) is 10.7. The van der Waals surface area contributed by atoms with Gasteiger partial charge in [-0.25, -0.2) is 0 Å². The number of hydrogen-bond donors (Lipinski definition) is 2. The highest BCUT2D eigenvalue weighted by atomic mass is 16.3. The molecule has 1 aliphatic heterocycles. The highest BCUT2D eigenvalue weighted by molar-refractivity contribution is 5.86. The molecule has 4 rings (SSSR count). The van der Waals surface area contributed by atoms with Gasteiger partial charge in [0.15, 0.2) is 0 Å². The minimum atomic E-state index is 0.114. The topological polar surface area (TPSA) is 39.3 Å². The van der Waals surface area contributed by atoms with Crippen LogP contribution in [0.15, 0.2) is 42.6 Å². The Hall–Kier alpha value is -2.10. The number of H-pyrrole nitrogens is 1. The second-order valence-electron chi connectivity index (χ2n) is 7.64. The maximum absolute atomic E-state index is 9.31. The zero-order chi connectivity index (χ0) is 18.1. The van der Waals surface area contributed by atoms with Gasteiger partial charge in [-0.3, -0.25) is 4.90 Å². The molecule has 2 aromatic carbocycles. The lowest BCUT2D eigenvalue weighted by Crippen LogP contribution is -2.33. The summed E-state index contributed by atoms with van der Waals surface area (Å²) in [6.07, 6.45) is 5.82. The Labute approximate surface area is 155 Å². The van der Waals surface area contributed by atoms with Crippen LogP contribution in [0.4, 0.5) is 0 Å². The zero-order valence-corrected chi connectivity index (χ0v) is 15.8. The molecule has 0 bridgehead atoms. The molecule has 1 atom stereocenters. The zero-order valence-electron chi connectivity index (χ0n) is 15.8. The number of aliphatic hydroxyl groups is 1. The molecule has 0 unspecified atom stereocenters. The molecule has 26 heavy (non-hydrogen) atoms. The number of piperidine rings is 1. The van der Waals surface area contributed by atoms with Gasteiger partial charge in [0.25, 0.3) is 0 Å². The van der Waals surface area contributed by atoms with Crippen molar-refractivity contribution in [1.29, 1.82) is 0 Å². The average Bonchev–Trinajstić information content (AvgIpc) is 3.16. The predicted octanol–water partition coefficient (Wildman–Crippen LogP) is 5.00. The van der Waals surface area contributed by atoms with E-state index < -0.39 is 0 Å². The van der Waals surface area contributed by atoms with Gasteiger partial charge >= 0.3 is 0 Å². The lowest BCUT2D eigenvalue weighted by atomic mass is 9.92. The molecule has 0 aliphatic carbocycles. The number of benzene rings is 2. The lowest BCUT2D eigenvalue weighted by molar-refractivity contribution is 0.140. The second-order valence-corrected chi connectivity index (χ2v) is 7.64. The van der Waals surface area contributed by atoms with Crippen LogP contribution in [-0.4, -0.2) is 21.5 Å². The van der Waals surface area contributed by atoms with E-state index in [0.717, 1.165) is 18.7 Å². The minimum absolute atomic E-state index is 0.114. The Morgan fingerprint density at radius 1 is 1.08 bits per heavy atom. The second kappa shape index (κ2) is 7.26. The maximum atomic E-state index is 9.31. The number of rotatable bonds is 4. The van der Waals surface area contributed by atoms with Crippen LogP contribution in [0.3, 0.4) is 0 Å². The monoisotopic (exact) mass is 348 g/mol. The lowest BCUT2D eigenvalue weighted by Gasteiger charge is -2.36. The molecule has 1 saturated heterocycles. The van der Waals surface area contributed by atoms with Crippen molar-refractivity contribution in [2.75, 3.05) is 6.54 Å². The molecule has 0 spiro atoms. The summed E-state index contributed by atoms with van der Waals surface area (Å²) in [4.78, 5) is 6.05. The molecule has 0 radical (unpaired) electrons. The number of nitrogens with zero attached hydrogens (tertiary/aromatic N) is 1. The van der Waals surface area contributed by atoms with Crippen LogP contribution in [0.5, 0.6) is 0 Å². The van der Waals surface area contributed by atoms with Crippen molar-refractivity contribution >= 4 is 10.9 Å². The number of nitrogens with one attached hydrogen (secondary N) is 1. The van der Waals surface area contributed by atoms with Crippen molar-refractivity contribution in [2.45, 2.75) is 52.3 Å². The molecule has 3 heteroatoms. The van der Waals surface area contributed by atoms with E-state index >= 15 is 0 Å². The van der Waals surface area contributed by atoms with Crippen molar-refractivity contribution in [3.8, 4) is 0 Å². The first kappa shape index (κ1) is 17.3. The predicted molar refractivity (Wildman–Crippen MR) is 107 cm³/mol. The molecular formula is C23H28N2O. The fourth-order valence-electron chi connectivity index (χ4n) is 4.46. The first-order chi connectivity index (χ1) is 12.7. The molecular weight excluding hydrogens is 320 g/mol. The summed E-state index contributed by atoms with van der Waals surface area (Å²) in [5.74, 6) is 0.